The number of carbonyl (C=O) groups excluding carboxylic acids is 1. The Kier molecular flexibility index (Phi) is 4.84. The number of nitrogens with zero attached hydrogens (tertiary/aromatic N) is 2. The van der Waals surface area contributed by atoms with E-state index in [9.17, 15) is 4.79 Å². The van der Waals surface area contributed by atoms with Crippen molar-refractivity contribution in [2.75, 3.05) is 7.05 Å². The van der Waals surface area contributed by atoms with Gasteiger partial charge in [0.05, 0.1) is 16.6 Å². The fourth-order valence-electron chi connectivity index (χ4n) is 2.08. The molecule has 1 aromatic rings. The maximum absolute atomic E-state index is 12.5. The molecule has 0 aliphatic heterocycles. The summed E-state index contributed by atoms with van der Waals surface area (Å²) in [4.78, 5) is 14.4. The Labute approximate surface area is 113 Å². The van der Waals surface area contributed by atoms with Crippen molar-refractivity contribution in [2.24, 2.45) is 11.1 Å². The Bertz CT molecular complexity index is 412. The van der Waals surface area contributed by atoms with Crippen molar-refractivity contribution in [2.45, 2.75) is 33.2 Å². The first-order chi connectivity index (χ1) is 8.47. The van der Waals surface area contributed by atoms with Gasteiger partial charge >= 0.3 is 0 Å². The molecule has 0 bridgehead atoms. The molecule has 1 heterocycles. The minimum absolute atomic E-state index is 0.0267. The van der Waals surface area contributed by atoms with E-state index in [-0.39, 0.29) is 10.9 Å². The lowest BCUT2D eigenvalue weighted by Crippen LogP contribution is -2.48. The van der Waals surface area contributed by atoms with Gasteiger partial charge < -0.3 is 10.6 Å². The summed E-state index contributed by atoms with van der Waals surface area (Å²) in [5.41, 5.74) is 6.00. The summed E-state index contributed by atoms with van der Waals surface area (Å²) in [5, 5.41) is 6.58. The molecule has 1 amide bonds. The number of rotatable bonds is 6. The van der Waals surface area contributed by atoms with E-state index in [2.05, 4.69) is 10.2 Å². The normalized spacial score (nSPS) is 11.3. The zero-order valence-corrected chi connectivity index (χ0v) is 11.9. The van der Waals surface area contributed by atoms with Crippen LogP contribution in [0, 0.1) is 5.41 Å². The van der Waals surface area contributed by atoms with Gasteiger partial charge in [0.25, 0.3) is 0 Å². The molecular weight excluding hydrogens is 248 g/mol. The standard InChI is InChI=1S/C12H20N4OS/c1-4-12(5-2,10(13)18)11(17)16(3)8-9-6-14-15-7-9/h6-7H,4-5,8H2,1-3H3,(H2,13,18)(H,14,15). The number of H-pyrrole nitrogens is 1. The van der Waals surface area contributed by atoms with Crippen LogP contribution >= 0.6 is 12.2 Å². The van der Waals surface area contributed by atoms with Gasteiger partial charge in [-0.25, -0.2) is 0 Å². The minimum Gasteiger partial charge on any atom is -0.392 e. The molecule has 0 aliphatic carbocycles. The number of nitrogens with two attached hydrogens (primary N) is 1. The topological polar surface area (TPSA) is 75.0 Å². The van der Waals surface area contributed by atoms with Crippen LogP contribution in [-0.2, 0) is 11.3 Å². The molecule has 0 saturated carbocycles. The van der Waals surface area contributed by atoms with Crippen LogP contribution in [0.25, 0.3) is 0 Å². The second kappa shape index (κ2) is 5.95. The summed E-state index contributed by atoms with van der Waals surface area (Å²) in [6.45, 7) is 4.37. The number of aromatic nitrogens is 2. The molecule has 6 heteroatoms. The van der Waals surface area contributed by atoms with E-state index in [1.165, 1.54) is 0 Å². The molecular formula is C12H20N4OS. The first-order valence-electron chi connectivity index (χ1n) is 6.01. The number of thiocarbonyl (C=S) groups is 1. The lowest BCUT2D eigenvalue weighted by Gasteiger charge is -2.33. The lowest BCUT2D eigenvalue weighted by molar-refractivity contribution is -0.137. The largest absolute Gasteiger partial charge is 0.392 e. The van der Waals surface area contributed by atoms with Crippen LogP contribution in [0.4, 0.5) is 0 Å². The second-order valence-corrected chi connectivity index (χ2v) is 4.86. The lowest BCUT2D eigenvalue weighted by atomic mass is 9.80. The zero-order chi connectivity index (χ0) is 13.8. The number of amides is 1. The molecule has 0 saturated heterocycles. The van der Waals surface area contributed by atoms with Gasteiger partial charge in [0, 0.05) is 25.4 Å². The second-order valence-electron chi connectivity index (χ2n) is 4.42. The Hall–Kier alpha value is -1.43. The van der Waals surface area contributed by atoms with Gasteiger partial charge in [0.2, 0.25) is 5.91 Å². The average Bonchev–Trinajstić information content (AvgIpc) is 2.83. The molecule has 0 radical (unpaired) electrons. The average molecular weight is 268 g/mol. The Morgan fingerprint density at radius 3 is 2.56 bits per heavy atom. The number of hydrogen-bond donors (Lipinski definition) is 2. The fourth-order valence-corrected chi connectivity index (χ4v) is 2.46. The maximum atomic E-state index is 12.5. The van der Waals surface area contributed by atoms with Crippen molar-refractivity contribution >= 4 is 23.1 Å². The molecule has 0 atom stereocenters. The van der Waals surface area contributed by atoms with E-state index in [1.807, 2.05) is 13.8 Å². The number of aromatic amines is 1. The van der Waals surface area contributed by atoms with Gasteiger partial charge in [-0.15, -0.1) is 0 Å². The molecule has 100 valence electrons. The molecule has 0 aliphatic rings. The minimum atomic E-state index is -0.728. The van der Waals surface area contributed by atoms with Crippen LogP contribution in [0.15, 0.2) is 12.4 Å². The van der Waals surface area contributed by atoms with Crippen molar-refractivity contribution < 1.29 is 4.79 Å². The molecule has 0 unspecified atom stereocenters. The van der Waals surface area contributed by atoms with E-state index in [1.54, 1.807) is 24.3 Å². The molecule has 0 spiro atoms. The number of hydrogen-bond acceptors (Lipinski definition) is 3. The first kappa shape index (κ1) is 14.6. The van der Waals surface area contributed by atoms with Crippen molar-refractivity contribution in [3.8, 4) is 0 Å². The summed E-state index contributed by atoms with van der Waals surface area (Å²) < 4.78 is 0. The highest BCUT2D eigenvalue weighted by molar-refractivity contribution is 7.80. The molecule has 3 N–H and O–H groups in total. The zero-order valence-electron chi connectivity index (χ0n) is 11.1. The van der Waals surface area contributed by atoms with Crippen molar-refractivity contribution in [1.82, 2.24) is 15.1 Å². The van der Waals surface area contributed by atoms with E-state index >= 15 is 0 Å². The van der Waals surface area contributed by atoms with E-state index in [0.29, 0.717) is 19.4 Å². The van der Waals surface area contributed by atoms with Gasteiger partial charge in [0.15, 0.2) is 0 Å². The predicted molar refractivity (Wildman–Crippen MR) is 74.9 cm³/mol. The van der Waals surface area contributed by atoms with Gasteiger partial charge in [0.1, 0.15) is 0 Å². The van der Waals surface area contributed by atoms with Gasteiger partial charge in [-0.05, 0) is 12.8 Å². The quantitative estimate of drug-likeness (QED) is 0.766. The summed E-state index contributed by atoms with van der Waals surface area (Å²) in [7, 11) is 1.76. The summed E-state index contributed by atoms with van der Waals surface area (Å²) in [5.74, 6) is -0.0267. The third-order valence-electron chi connectivity index (χ3n) is 3.41. The third kappa shape index (κ3) is 2.69. The van der Waals surface area contributed by atoms with Crippen LogP contribution in [0.5, 0.6) is 0 Å². The number of nitrogens with one attached hydrogen (secondary N) is 1. The summed E-state index contributed by atoms with van der Waals surface area (Å²) in [6, 6.07) is 0. The van der Waals surface area contributed by atoms with Crippen molar-refractivity contribution in [3.63, 3.8) is 0 Å². The highest BCUT2D eigenvalue weighted by Crippen LogP contribution is 2.29. The predicted octanol–water partition coefficient (Wildman–Crippen LogP) is 1.46. The van der Waals surface area contributed by atoms with Gasteiger partial charge in [-0.3, -0.25) is 9.89 Å². The number of carbonyl (C=O) groups is 1. The first-order valence-corrected chi connectivity index (χ1v) is 6.41. The van der Waals surface area contributed by atoms with Crippen LogP contribution in [-0.4, -0.2) is 33.0 Å². The molecule has 5 nitrogen and oxygen atoms in total. The molecule has 1 rings (SSSR count). The van der Waals surface area contributed by atoms with E-state index in [0.717, 1.165) is 5.56 Å². The SMILES string of the molecule is CCC(CC)(C(=O)N(C)Cc1cn[nH]c1)C(N)=S. The van der Waals surface area contributed by atoms with Crippen LogP contribution in [0.2, 0.25) is 0 Å². The highest BCUT2D eigenvalue weighted by atomic mass is 32.1. The maximum Gasteiger partial charge on any atom is 0.235 e. The van der Waals surface area contributed by atoms with Crippen molar-refractivity contribution in [3.05, 3.63) is 18.0 Å². The molecule has 0 aromatic carbocycles. The van der Waals surface area contributed by atoms with Gasteiger partial charge in [-0.2, -0.15) is 5.10 Å². The van der Waals surface area contributed by atoms with Crippen LogP contribution in [0.3, 0.4) is 0 Å². The van der Waals surface area contributed by atoms with Crippen molar-refractivity contribution in [1.29, 1.82) is 0 Å². The summed E-state index contributed by atoms with van der Waals surface area (Å²) >= 11 is 5.08. The molecule has 0 fully saturated rings. The van der Waals surface area contributed by atoms with Crippen LogP contribution < -0.4 is 5.73 Å². The summed E-state index contributed by atoms with van der Waals surface area (Å²) in [6.07, 6.45) is 4.70. The smallest absolute Gasteiger partial charge is 0.235 e. The van der Waals surface area contributed by atoms with Gasteiger partial charge in [-0.1, -0.05) is 26.1 Å². The Morgan fingerprint density at radius 1 is 1.56 bits per heavy atom. The highest BCUT2D eigenvalue weighted by Gasteiger charge is 2.39. The van der Waals surface area contributed by atoms with E-state index < -0.39 is 5.41 Å². The fraction of sp³-hybridized carbons (Fsp3) is 0.583. The Morgan fingerprint density at radius 2 is 2.17 bits per heavy atom. The monoisotopic (exact) mass is 268 g/mol. The third-order valence-corrected chi connectivity index (χ3v) is 3.80. The molecule has 18 heavy (non-hydrogen) atoms. The molecule has 1 aromatic heterocycles. The van der Waals surface area contributed by atoms with E-state index in [4.69, 9.17) is 18.0 Å². The Balaban J connectivity index is 2.86. The van der Waals surface area contributed by atoms with Crippen LogP contribution in [0.1, 0.15) is 32.3 Å².